The van der Waals surface area contributed by atoms with Crippen LogP contribution in [-0.4, -0.2) is 50.3 Å². The lowest BCUT2D eigenvalue weighted by molar-refractivity contribution is 0.00559. The van der Waals surface area contributed by atoms with E-state index in [0.29, 0.717) is 12.0 Å². The summed E-state index contributed by atoms with van der Waals surface area (Å²) in [6, 6.07) is 2.76. The van der Waals surface area contributed by atoms with Gasteiger partial charge in [-0.25, -0.2) is 8.78 Å². The predicted molar refractivity (Wildman–Crippen MR) is 102 cm³/mol. The number of hydrogen-bond donors (Lipinski definition) is 0. The number of anilines is 1. The van der Waals surface area contributed by atoms with Crippen LogP contribution in [0, 0.1) is 17.6 Å². The fraction of sp³-hybridized carbons (Fsp3) is 0.714. The van der Waals surface area contributed by atoms with Gasteiger partial charge >= 0.3 is 0 Å². The molecule has 2 heterocycles. The Balaban J connectivity index is 1.51. The summed E-state index contributed by atoms with van der Waals surface area (Å²) in [7, 11) is 0. The minimum absolute atomic E-state index is 0.424. The molecule has 1 unspecified atom stereocenters. The first-order valence-corrected chi connectivity index (χ1v) is 10.1. The van der Waals surface area contributed by atoms with Crippen LogP contribution < -0.4 is 4.90 Å². The molecule has 1 aromatic rings. The number of rotatable bonds is 7. The Morgan fingerprint density at radius 3 is 2.58 bits per heavy atom. The molecule has 0 aromatic heterocycles. The number of halogens is 2. The highest BCUT2D eigenvalue weighted by Crippen LogP contribution is 2.30. The normalized spacial score (nSPS) is 20.2. The second-order valence-corrected chi connectivity index (χ2v) is 7.92. The van der Waals surface area contributed by atoms with Crippen LogP contribution in [-0.2, 0) is 11.2 Å². The molecule has 0 aliphatic carbocycles. The van der Waals surface area contributed by atoms with Gasteiger partial charge in [-0.05, 0) is 49.7 Å². The van der Waals surface area contributed by atoms with Gasteiger partial charge < -0.3 is 14.5 Å². The molecule has 1 atom stereocenters. The maximum atomic E-state index is 13.7. The van der Waals surface area contributed by atoms with Crippen molar-refractivity contribution in [1.29, 1.82) is 0 Å². The smallest absolute Gasteiger partial charge is 0.160 e. The van der Waals surface area contributed by atoms with Crippen molar-refractivity contribution in [2.75, 3.05) is 44.2 Å². The fourth-order valence-electron chi connectivity index (χ4n) is 4.26. The van der Waals surface area contributed by atoms with E-state index in [0.717, 1.165) is 82.7 Å². The zero-order chi connectivity index (χ0) is 18.5. The van der Waals surface area contributed by atoms with Gasteiger partial charge in [0.05, 0.1) is 6.10 Å². The SMILES string of the molecule is CCCOC1CCN(CC(C)CN2CCCc3cc(F)c(F)cc32)CC1. The van der Waals surface area contributed by atoms with Gasteiger partial charge in [0.1, 0.15) is 0 Å². The number of piperidine rings is 1. The second-order valence-electron chi connectivity index (χ2n) is 7.92. The minimum Gasteiger partial charge on any atom is -0.378 e. The van der Waals surface area contributed by atoms with E-state index in [9.17, 15) is 8.78 Å². The average molecular weight is 366 g/mol. The van der Waals surface area contributed by atoms with Crippen LogP contribution in [0.25, 0.3) is 0 Å². The molecular formula is C21H32F2N2O. The summed E-state index contributed by atoms with van der Waals surface area (Å²) in [6.07, 6.45) is 5.58. The van der Waals surface area contributed by atoms with Crippen molar-refractivity contribution in [3.8, 4) is 0 Å². The standard InChI is InChI=1S/C21H32F2N2O/c1-3-11-26-18-6-9-24(10-7-18)14-16(2)15-25-8-4-5-17-12-19(22)20(23)13-21(17)25/h12-13,16,18H,3-11,14-15H2,1-2H3. The van der Waals surface area contributed by atoms with Crippen LogP contribution in [0.2, 0.25) is 0 Å². The Hall–Kier alpha value is -1.20. The van der Waals surface area contributed by atoms with E-state index in [1.807, 2.05) is 0 Å². The Bertz CT molecular complexity index is 588. The predicted octanol–water partition coefficient (Wildman–Crippen LogP) is 4.24. The molecule has 5 heteroatoms. The zero-order valence-corrected chi connectivity index (χ0v) is 16.1. The lowest BCUT2D eigenvalue weighted by Crippen LogP contribution is -2.42. The van der Waals surface area contributed by atoms with Crippen molar-refractivity contribution in [3.05, 3.63) is 29.3 Å². The lowest BCUT2D eigenvalue weighted by atomic mass is 9.99. The molecule has 0 N–H and O–H groups in total. The van der Waals surface area contributed by atoms with E-state index < -0.39 is 11.6 Å². The van der Waals surface area contributed by atoms with Crippen LogP contribution >= 0.6 is 0 Å². The van der Waals surface area contributed by atoms with E-state index in [1.54, 1.807) is 0 Å². The second kappa shape index (κ2) is 9.14. The van der Waals surface area contributed by atoms with Gasteiger partial charge in [-0.2, -0.15) is 0 Å². The summed E-state index contributed by atoms with van der Waals surface area (Å²) in [4.78, 5) is 4.76. The average Bonchev–Trinajstić information content (AvgIpc) is 2.63. The van der Waals surface area contributed by atoms with Crippen LogP contribution in [0.1, 0.15) is 45.1 Å². The number of ether oxygens (including phenoxy) is 1. The quantitative estimate of drug-likeness (QED) is 0.718. The van der Waals surface area contributed by atoms with Gasteiger partial charge in [-0.3, -0.25) is 0 Å². The fourth-order valence-corrected chi connectivity index (χ4v) is 4.26. The first-order valence-electron chi connectivity index (χ1n) is 10.1. The third kappa shape index (κ3) is 4.95. The van der Waals surface area contributed by atoms with Gasteiger partial charge in [-0.1, -0.05) is 13.8 Å². The number of nitrogens with zero attached hydrogens (tertiary/aromatic N) is 2. The number of aryl methyl sites for hydroxylation is 1. The molecule has 2 aliphatic heterocycles. The molecule has 1 aromatic carbocycles. The molecule has 1 saturated heterocycles. The molecule has 146 valence electrons. The van der Waals surface area contributed by atoms with Crippen molar-refractivity contribution in [1.82, 2.24) is 4.90 Å². The number of fused-ring (bicyclic) bond motifs is 1. The van der Waals surface area contributed by atoms with Gasteiger partial charge in [0.15, 0.2) is 11.6 Å². The summed E-state index contributed by atoms with van der Waals surface area (Å²) < 4.78 is 33.1. The monoisotopic (exact) mass is 366 g/mol. The molecule has 3 rings (SSSR count). The van der Waals surface area contributed by atoms with Crippen molar-refractivity contribution < 1.29 is 13.5 Å². The molecule has 0 radical (unpaired) electrons. The van der Waals surface area contributed by atoms with Crippen LogP contribution in [0.4, 0.5) is 14.5 Å². The van der Waals surface area contributed by atoms with Crippen LogP contribution in [0.5, 0.6) is 0 Å². The van der Waals surface area contributed by atoms with Crippen LogP contribution in [0.15, 0.2) is 12.1 Å². The molecule has 3 nitrogen and oxygen atoms in total. The zero-order valence-electron chi connectivity index (χ0n) is 16.1. The Morgan fingerprint density at radius 2 is 1.85 bits per heavy atom. The highest BCUT2D eigenvalue weighted by Gasteiger charge is 2.24. The van der Waals surface area contributed by atoms with E-state index in [2.05, 4.69) is 23.6 Å². The van der Waals surface area contributed by atoms with Crippen LogP contribution in [0.3, 0.4) is 0 Å². The third-order valence-corrected chi connectivity index (χ3v) is 5.53. The van der Waals surface area contributed by atoms with Gasteiger partial charge in [0.25, 0.3) is 0 Å². The maximum Gasteiger partial charge on any atom is 0.160 e. The summed E-state index contributed by atoms with van der Waals surface area (Å²) >= 11 is 0. The van der Waals surface area contributed by atoms with Crippen molar-refractivity contribution in [2.24, 2.45) is 5.92 Å². The first kappa shape index (κ1) is 19.6. The molecule has 0 spiro atoms. The van der Waals surface area contributed by atoms with Crippen molar-refractivity contribution in [3.63, 3.8) is 0 Å². The van der Waals surface area contributed by atoms with Gasteiger partial charge in [-0.15, -0.1) is 0 Å². The Morgan fingerprint density at radius 1 is 1.12 bits per heavy atom. The Kier molecular flexibility index (Phi) is 6.87. The topological polar surface area (TPSA) is 15.7 Å². The summed E-state index contributed by atoms with van der Waals surface area (Å²) in [5.74, 6) is -0.980. The number of likely N-dealkylation sites (tertiary alicyclic amines) is 1. The number of hydrogen-bond acceptors (Lipinski definition) is 3. The maximum absolute atomic E-state index is 13.7. The molecular weight excluding hydrogens is 334 g/mol. The molecule has 2 aliphatic rings. The molecule has 0 amide bonds. The van der Waals surface area contributed by atoms with E-state index in [1.165, 1.54) is 12.1 Å². The lowest BCUT2D eigenvalue weighted by Gasteiger charge is -2.37. The van der Waals surface area contributed by atoms with E-state index in [-0.39, 0.29) is 0 Å². The third-order valence-electron chi connectivity index (χ3n) is 5.53. The summed E-state index contributed by atoms with van der Waals surface area (Å²) in [6.45, 7) is 10.3. The molecule has 1 fully saturated rings. The van der Waals surface area contributed by atoms with Gasteiger partial charge in [0.2, 0.25) is 0 Å². The van der Waals surface area contributed by atoms with Gasteiger partial charge in [0, 0.05) is 51.1 Å². The molecule has 26 heavy (non-hydrogen) atoms. The largest absolute Gasteiger partial charge is 0.378 e. The summed E-state index contributed by atoms with van der Waals surface area (Å²) in [5, 5.41) is 0. The molecule has 0 bridgehead atoms. The Labute approximate surface area is 156 Å². The molecule has 0 saturated carbocycles. The van der Waals surface area contributed by atoms with Crippen molar-refractivity contribution >= 4 is 5.69 Å². The summed E-state index contributed by atoms with van der Waals surface area (Å²) in [5.41, 5.74) is 1.82. The highest BCUT2D eigenvalue weighted by molar-refractivity contribution is 5.56. The minimum atomic E-state index is -0.738. The van der Waals surface area contributed by atoms with E-state index in [4.69, 9.17) is 4.74 Å². The highest BCUT2D eigenvalue weighted by atomic mass is 19.2. The van der Waals surface area contributed by atoms with Crippen molar-refractivity contribution in [2.45, 2.75) is 52.1 Å². The number of benzene rings is 1. The van der Waals surface area contributed by atoms with E-state index >= 15 is 0 Å². The first-order chi connectivity index (χ1) is 12.6.